The molecule has 3 rings (SSSR count). The van der Waals surface area contributed by atoms with Crippen LogP contribution in [0.3, 0.4) is 0 Å². The van der Waals surface area contributed by atoms with Gasteiger partial charge in [-0.3, -0.25) is 9.58 Å². The van der Waals surface area contributed by atoms with E-state index in [1.807, 2.05) is 14.1 Å². The van der Waals surface area contributed by atoms with Crippen molar-refractivity contribution in [1.82, 2.24) is 24.8 Å². The molecule has 1 aliphatic rings. The van der Waals surface area contributed by atoms with Crippen molar-refractivity contribution >= 4 is 5.95 Å². The quantitative estimate of drug-likeness (QED) is 0.847. The molecule has 1 fully saturated rings. The van der Waals surface area contributed by atoms with Crippen LogP contribution in [0.4, 0.5) is 19.1 Å². The minimum Gasteiger partial charge on any atom is -0.344 e. The van der Waals surface area contributed by atoms with Gasteiger partial charge >= 0.3 is 6.18 Å². The first-order chi connectivity index (χ1) is 11.3. The zero-order valence-corrected chi connectivity index (χ0v) is 13.5. The van der Waals surface area contributed by atoms with Gasteiger partial charge in [0.25, 0.3) is 5.95 Å². The molecule has 1 unspecified atom stereocenters. The number of hydrogen-bond donors (Lipinski definition) is 0. The largest absolute Gasteiger partial charge is 0.435 e. The molecule has 0 saturated carbocycles. The van der Waals surface area contributed by atoms with Crippen molar-refractivity contribution in [1.29, 1.82) is 0 Å². The summed E-state index contributed by atoms with van der Waals surface area (Å²) in [5.74, 6) is 0.997. The Hall–Kier alpha value is -2.10. The fourth-order valence-electron chi connectivity index (χ4n) is 2.77. The molecule has 10 heteroatoms. The summed E-state index contributed by atoms with van der Waals surface area (Å²) in [7, 11) is 3.64. The highest BCUT2D eigenvalue weighted by Crippen LogP contribution is 2.29. The molecule has 0 aromatic carbocycles. The fraction of sp³-hybridized carbons (Fsp3) is 0.643. The molecule has 24 heavy (non-hydrogen) atoms. The monoisotopic (exact) mass is 344 g/mol. The van der Waals surface area contributed by atoms with Gasteiger partial charge in [-0.1, -0.05) is 0 Å². The van der Waals surface area contributed by atoms with Crippen LogP contribution in [0.25, 0.3) is 0 Å². The molecule has 7 nitrogen and oxygen atoms in total. The lowest BCUT2D eigenvalue weighted by Gasteiger charge is -2.31. The lowest BCUT2D eigenvalue weighted by Crippen LogP contribution is -2.36. The first-order valence-corrected chi connectivity index (χ1v) is 7.67. The first kappa shape index (κ1) is 16.7. The molecule has 2 aromatic rings. The molecule has 0 aliphatic carbocycles. The Balaban J connectivity index is 1.64. The van der Waals surface area contributed by atoms with Crippen LogP contribution in [0.1, 0.15) is 30.5 Å². The van der Waals surface area contributed by atoms with Crippen LogP contribution >= 0.6 is 0 Å². The number of rotatable bonds is 4. The fourth-order valence-corrected chi connectivity index (χ4v) is 2.77. The van der Waals surface area contributed by atoms with Crippen LogP contribution in [-0.4, -0.2) is 52.0 Å². The van der Waals surface area contributed by atoms with Crippen LogP contribution in [0, 0.1) is 0 Å². The summed E-state index contributed by atoms with van der Waals surface area (Å²) in [4.78, 5) is 8.11. The Bertz CT molecular complexity index is 680. The Morgan fingerprint density at radius 1 is 1.38 bits per heavy atom. The average Bonchev–Trinajstić information content (AvgIpc) is 3.16. The van der Waals surface area contributed by atoms with Crippen molar-refractivity contribution in [2.45, 2.75) is 31.6 Å². The molecular weight excluding hydrogens is 325 g/mol. The lowest BCUT2D eigenvalue weighted by atomic mass is 10.1. The SMILES string of the molecule is CN(C)c1noc(CN2CCCC(n3ccc(C(F)(F)F)n3)C2)n1. The molecule has 1 aliphatic heterocycles. The minimum atomic E-state index is -4.41. The molecule has 0 spiro atoms. The maximum Gasteiger partial charge on any atom is 0.435 e. The maximum absolute atomic E-state index is 12.7. The van der Waals surface area contributed by atoms with E-state index in [1.54, 1.807) is 4.90 Å². The maximum atomic E-state index is 12.7. The van der Waals surface area contributed by atoms with Crippen molar-refractivity contribution in [3.05, 3.63) is 23.8 Å². The average molecular weight is 344 g/mol. The second-order valence-electron chi connectivity index (χ2n) is 6.09. The van der Waals surface area contributed by atoms with Gasteiger partial charge in [-0.05, 0) is 30.6 Å². The molecule has 1 saturated heterocycles. The number of piperidine rings is 1. The second-order valence-corrected chi connectivity index (χ2v) is 6.09. The Kier molecular flexibility index (Phi) is 4.48. The summed E-state index contributed by atoms with van der Waals surface area (Å²) < 4.78 is 44.7. The third kappa shape index (κ3) is 3.69. The van der Waals surface area contributed by atoms with E-state index in [0.717, 1.165) is 25.5 Å². The van der Waals surface area contributed by atoms with Gasteiger partial charge in [0.2, 0.25) is 5.89 Å². The van der Waals surface area contributed by atoms with E-state index in [0.29, 0.717) is 24.9 Å². The van der Waals surface area contributed by atoms with E-state index in [9.17, 15) is 13.2 Å². The normalized spacial score (nSPS) is 19.6. The van der Waals surface area contributed by atoms with Gasteiger partial charge < -0.3 is 9.42 Å². The molecule has 132 valence electrons. The van der Waals surface area contributed by atoms with Crippen LogP contribution in [0.5, 0.6) is 0 Å². The smallest absolute Gasteiger partial charge is 0.344 e. The standard InChI is InChI=1S/C14H19F3N6O/c1-21(2)13-18-12(24-20-13)9-22-6-3-4-10(8-22)23-7-5-11(19-23)14(15,16)17/h5,7,10H,3-4,6,8-9H2,1-2H3. The highest BCUT2D eigenvalue weighted by atomic mass is 19.4. The van der Waals surface area contributed by atoms with Crippen molar-refractivity contribution < 1.29 is 17.7 Å². The third-order valence-corrected chi connectivity index (χ3v) is 3.97. The highest BCUT2D eigenvalue weighted by Gasteiger charge is 2.34. The summed E-state index contributed by atoms with van der Waals surface area (Å²) in [6, 6.07) is 0.923. The molecule has 0 bridgehead atoms. The topological polar surface area (TPSA) is 63.2 Å². The Labute approximate surface area is 137 Å². The summed E-state index contributed by atoms with van der Waals surface area (Å²) in [6.07, 6.45) is -1.34. The van der Waals surface area contributed by atoms with Crippen LogP contribution < -0.4 is 4.90 Å². The van der Waals surface area contributed by atoms with Crippen molar-refractivity contribution in [3.8, 4) is 0 Å². The highest BCUT2D eigenvalue weighted by molar-refractivity contribution is 5.23. The Morgan fingerprint density at radius 2 is 2.17 bits per heavy atom. The number of likely N-dealkylation sites (tertiary alicyclic amines) is 1. The predicted molar refractivity (Wildman–Crippen MR) is 79.4 cm³/mol. The first-order valence-electron chi connectivity index (χ1n) is 7.67. The van der Waals surface area contributed by atoms with Gasteiger partial charge in [0.05, 0.1) is 12.6 Å². The minimum absolute atomic E-state index is 0.0916. The number of aromatic nitrogens is 4. The van der Waals surface area contributed by atoms with Gasteiger partial charge in [-0.15, -0.1) is 0 Å². The molecule has 2 aromatic heterocycles. The van der Waals surface area contributed by atoms with E-state index in [4.69, 9.17) is 4.52 Å². The number of halogens is 3. The molecule has 3 heterocycles. The predicted octanol–water partition coefficient (Wildman–Crippen LogP) is 2.19. The van der Waals surface area contributed by atoms with Crippen LogP contribution in [0.2, 0.25) is 0 Å². The molecule has 0 amide bonds. The summed E-state index contributed by atoms with van der Waals surface area (Å²) in [5, 5.41) is 7.54. The zero-order chi connectivity index (χ0) is 17.3. The van der Waals surface area contributed by atoms with Crippen LogP contribution in [-0.2, 0) is 12.7 Å². The Morgan fingerprint density at radius 3 is 2.79 bits per heavy atom. The van der Waals surface area contributed by atoms with Crippen molar-refractivity contribution in [3.63, 3.8) is 0 Å². The lowest BCUT2D eigenvalue weighted by molar-refractivity contribution is -0.141. The van der Waals surface area contributed by atoms with E-state index in [2.05, 4.69) is 20.1 Å². The number of hydrogen-bond acceptors (Lipinski definition) is 6. The van der Waals surface area contributed by atoms with E-state index >= 15 is 0 Å². The number of anilines is 1. The molecule has 0 radical (unpaired) electrons. The van der Waals surface area contributed by atoms with Gasteiger partial charge in [-0.2, -0.15) is 23.3 Å². The second kappa shape index (κ2) is 6.42. The van der Waals surface area contributed by atoms with Gasteiger partial charge in [0.15, 0.2) is 5.69 Å². The number of nitrogens with zero attached hydrogens (tertiary/aromatic N) is 6. The number of alkyl halides is 3. The summed E-state index contributed by atoms with van der Waals surface area (Å²) in [6.45, 7) is 1.91. The van der Waals surface area contributed by atoms with Gasteiger partial charge in [0, 0.05) is 26.8 Å². The summed E-state index contributed by atoms with van der Waals surface area (Å²) in [5.41, 5.74) is -0.854. The molecule has 1 atom stereocenters. The van der Waals surface area contributed by atoms with E-state index in [1.165, 1.54) is 10.9 Å². The van der Waals surface area contributed by atoms with Crippen LogP contribution in [0.15, 0.2) is 16.8 Å². The van der Waals surface area contributed by atoms with Gasteiger partial charge in [-0.25, -0.2) is 0 Å². The van der Waals surface area contributed by atoms with Crippen molar-refractivity contribution in [2.75, 3.05) is 32.1 Å². The summed E-state index contributed by atoms with van der Waals surface area (Å²) >= 11 is 0. The molecule has 0 N–H and O–H groups in total. The third-order valence-electron chi connectivity index (χ3n) is 3.97. The zero-order valence-electron chi connectivity index (χ0n) is 13.5. The van der Waals surface area contributed by atoms with E-state index < -0.39 is 11.9 Å². The van der Waals surface area contributed by atoms with Gasteiger partial charge in [0.1, 0.15) is 0 Å². The van der Waals surface area contributed by atoms with Crippen molar-refractivity contribution in [2.24, 2.45) is 0 Å². The molecular formula is C14H19F3N6O. The van der Waals surface area contributed by atoms with E-state index in [-0.39, 0.29) is 6.04 Å².